The van der Waals surface area contributed by atoms with Gasteiger partial charge in [-0.25, -0.2) is 0 Å². The average Bonchev–Trinajstić information content (AvgIpc) is 2.29. The molecule has 0 nitrogen and oxygen atoms in total. The van der Waals surface area contributed by atoms with Gasteiger partial charge in [-0.15, -0.1) is 26.3 Å². The zero-order valence-electron chi connectivity index (χ0n) is 8.45. The van der Waals surface area contributed by atoms with Crippen LogP contribution in [-0.2, 0) is 0 Å². The first-order valence-corrected chi connectivity index (χ1v) is 4.61. The maximum absolute atomic E-state index is 3.80. The molecule has 0 heterocycles. The van der Waals surface area contributed by atoms with Crippen molar-refractivity contribution in [3.05, 3.63) is 74.9 Å². The summed E-state index contributed by atoms with van der Waals surface area (Å²) >= 11 is 0. The molecule has 0 spiro atoms. The highest BCUT2D eigenvalue weighted by molar-refractivity contribution is 5.40. The Morgan fingerprint density at radius 2 is 0.786 bits per heavy atom. The third kappa shape index (κ3) is 1.56. The molecular formula is C14H16. The van der Waals surface area contributed by atoms with Crippen molar-refractivity contribution in [2.45, 2.75) is 0 Å². The molecule has 0 radical (unpaired) electrons. The fourth-order valence-electron chi connectivity index (χ4n) is 1.40. The summed E-state index contributed by atoms with van der Waals surface area (Å²) in [6.07, 6.45) is 15.7. The zero-order valence-corrected chi connectivity index (χ0v) is 8.45. The number of allylic oxidation sites excluding steroid dienone is 8. The van der Waals surface area contributed by atoms with Crippen LogP contribution in [0.5, 0.6) is 0 Å². The monoisotopic (exact) mass is 184 g/mol. The normalized spacial score (nSPS) is 21.1. The fourth-order valence-corrected chi connectivity index (χ4v) is 1.40. The van der Waals surface area contributed by atoms with Gasteiger partial charge < -0.3 is 0 Å². The summed E-state index contributed by atoms with van der Waals surface area (Å²) in [7, 11) is 0. The number of hydrogen-bond acceptors (Lipinski definition) is 0. The Balaban J connectivity index is 3.09. The van der Waals surface area contributed by atoms with Gasteiger partial charge in [0.2, 0.25) is 0 Å². The van der Waals surface area contributed by atoms with E-state index >= 15 is 0 Å². The summed E-state index contributed by atoms with van der Waals surface area (Å²) in [5.74, 6) is 0. The van der Waals surface area contributed by atoms with Crippen LogP contribution in [0.15, 0.2) is 74.9 Å². The molecule has 0 aromatic heterocycles. The van der Waals surface area contributed by atoms with Crippen LogP contribution in [0.2, 0.25) is 0 Å². The maximum atomic E-state index is 3.80. The van der Waals surface area contributed by atoms with Crippen molar-refractivity contribution in [1.29, 1.82) is 0 Å². The lowest BCUT2D eigenvalue weighted by Crippen LogP contribution is -2.17. The van der Waals surface area contributed by atoms with Gasteiger partial charge in [-0.05, 0) is 0 Å². The van der Waals surface area contributed by atoms with Gasteiger partial charge >= 0.3 is 0 Å². The smallest absolute Gasteiger partial charge is 0.0419 e. The highest BCUT2D eigenvalue weighted by atomic mass is 14.3. The van der Waals surface area contributed by atoms with Crippen molar-refractivity contribution in [1.82, 2.24) is 0 Å². The molecule has 1 rings (SSSR count). The van der Waals surface area contributed by atoms with Gasteiger partial charge in [0.05, 0.1) is 0 Å². The minimum Gasteiger partial charge on any atom is -0.102 e. The summed E-state index contributed by atoms with van der Waals surface area (Å²) in [6, 6.07) is 0. The highest BCUT2D eigenvalue weighted by Gasteiger charge is 2.25. The maximum Gasteiger partial charge on any atom is 0.0419 e. The predicted octanol–water partition coefficient (Wildman–Crippen LogP) is 3.83. The van der Waals surface area contributed by atoms with Crippen LogP contribution in [0.3, 0.4) is 0 Å². The molecule has 0 fully saturated rings. The summed E-state index contributed by atoms with van der Waals surface area (Å²) in [6.45, 7) is 15.2. The third-order valence-corrected chi connectivity index (χ3v) is 2.74. The molecule has 1 aliphatic carbocycles. The first-order valence-electron chi connectivity index (χ1n) is 4.61. The molecule has 0 unspecified atom stereocenters. The Morgan fingerprint density at radius 3 is 0.929 bits per heavy atom. The molecule has 0 saturated carbocycles. The fraction of sp³-hybridized carbons (Fsp3) is 0.143. The van der Waals surface area contributed by atoms with Gasteiger partial charge in [0.1, 0.15) is 0 Å². The van der Waals surface area contributed by atoms with Gasteiger partial charge in [-0.1, -0.05) is 48.6 Å². The van der Waals surface area contributed by atoms with E-state index in [4.69, 9.17) is 0 Å². The van der Waals surface area contributed by atoms with Crippen molar-refractivity contribution in [3.63, 3.8) is 0 Å². The second kappa shape index (κ2) is 3.67. The lowest BCUT2D eigenvalue weighted by molar-refractivity contribution is 0.715. The van der Waals surface area contributed by atoms with Crippen LogP contribution in [0.4, 0.5) is 0 Å². The van der Waals surface area contributed by atoms with E-state index in [1.54, 1.807) is 0 Å². The van der Waals surface area contributed by atoms with E-state index < -0.39 is 0 Å². The summed E-state index contributed by atoms with van der Waals surface area (Å²) in [4.78, 5) is 0. The first kappa shape index (κ1) is 10.5. The number of hydrogen-bond donors (Lipinski definition) is 0. The van der Waals surface area contributed by atoms with E-state index in [0.29, 0.717) is 0 Å². The Bertz CT molecular complexity index is 260. The standard InChI is InChI=1S/C14H16/c1-5-13(6-2)9-11-14(7-3,8-4)12-10-13/h5-12H,1-4H2. The van der Waals surface area contributed by atoms with Gasteiger partial charge in [-0.3, -0.25) is 0 Å². The van der Waals surface area contributed by atoms with E-state index in [9.17, 15) is 0 Å². The molecule has 0 bridgehead atoms. The zero-order chi connectivity index (χ0) is 10.7. The van der Waals surface area contributed by atoms with Crippen LogP contribution in [-0.4, -0.2) is 0 Å². The molecule has 0 aromatic rings. The van der Waals surface area contributed by atoms with Crippen LogP contribution in [0.1, 0.15) is 0 Å². The lowest BCUT2D eigenvalue weighted by Gasteiger charge is -2.29. The van der Waals surface area contributed by atoms with E-state index in [1.807, 2.05) is 24.3 Å². The molecule has 0 atom stereocenters. The molecule has 0 aliphatic heterocycles. The first-order chi connectivity index (χ1) is 6.66. The Morgan fingerprint density at radius 1 is 0.571 bits per heavy atom. The van der Waals surface area contributed by atoms with Crippen LogP contribution in [0, 0.1) is 10.8 Å². The van der Waals surface area contributed by atoms with E-state index in [2.05, 4.69) is 50.6 Å². The van der Waals surface area contributed by atoms with E-state index in [1.165, 1.54) is 0 Å². The van der Waals surface area contributed by atoms with Crippen LogP contribution >= 0.6 is 0 Å². The van der Waals surface area contributed by atoms with E-state index in [0.717, 1.165) is 0 Å². The van der Waals surface area contributed by atoms with Crippen LogP contribution in [0.25, 0.3) is 0 Å². The SMILES string of the molecule is C=CC1(C=C)C=CC(C=C)(C=C)C=C1. The van der Waals surface area contributed by atoms with Crippen molar-refractivity contribution < 1.29 is 0 Å². The molecule has 1 aliphatic rings. The lowest BCUT2D eigenvalue weighted by atomic mass is 9.75. The molecule has 0 heteroatoms. The highest BCUT2D eigenvalue weighted by Crippen LogP contribution is 2.36. The Hall–Kier alpha value is -1.56. The molecule has 0 aromatic carbocycles. The minimum atomic E-state index is -0.213. The predicted molar refractivity (Wildman–Crippen MR) is 63.9 cm³/mol. The Labute approximate surface area is 86.3 Å². The van der Waals surface area contributed by atoms with Gasteiger partial charge in [0, 0.05) is 10.8 Å². The van der Waals surface area contributed by atoms with Crippen molar-refractivity contribution >= 4 is 0 Å². The van der Waals surface area contributed by atoms with Gasteiger partial charge in [0.15, 0.2) is 0 Å². The van der Waals surface area contributed by atoms with Gasteiger partial charge in [0.25, 0.3) is 0 Å². The molecule has 0 saturated heterocycles. The van der Waals surface area contributed by atoms with Crippen molar-refractivity contribution in [2.75, 3.05) is 0 Å². The molecule has 0 N–H and O–H groups in total. The Kier molecular flexibility index (Phi) is 2.76. The third-order valence-electron chi connectivity index (χ3n) is 2.74. The molecule has 72 valence electrons. The number of rotatable bonds is 4. The van der Waals surface area contributed by atoms with Crippen LogP contribution < -0.4 is 0 Å². The molecule has 14 heavy (non-hydrogen) atoms. The quantitative estimate of drug-likeness (QED) is 0.582. The molecule has 0 amide bonds. The second-order valence-corrected chi connectivity index (χ2v) is 3.48. The van der Waals surface area contributed by atoms with E-state index in [-0.39, 0.29) is 10.8 Å². The summed E-state index contributed by atoms with van der Waals surface area (Å²) in [5.41, 5.74) is -0.426. The van der Waals surface area contributed by atoms with Gasteiger partial charge in [-0.2, -0.15) is 0 Å². The summed E-state index contributed by atoms with van der Waals surface area (Å²) in [5, 5.41) is 0. The largest absolute Gasteiger partial charge is 0.102 e. The second-order valence-electron chi connectivity index (χ2n) is 3.48. The average molecular weight is 184 g/mol. The minimum absolute atomic E-state index is 0.213. The van der Waals surface area contributed by atoms with Crippen molar-refractivity contribution in [2.24, 2.45) is 10.8 Å². The van der Waals surface area contributed by atoms with Crippen molar-refractivity contribution in [3.8, 4) is 0 Å². The molecular weight excluding hydrogens is 168 g/mol. The topological polar surface area (TPSA) is 0 Å². The summed E-state index contributed by atoms with van der Waals surface area (Å²) < 4.78 is 0.